The fourth-order valence-corrected chi connectivity index (χ4v) is 2.55. The maximum absolute atomic E-state index is 12.3. The van der Waals surface area contributed by atoms with Crippen molar-refractivity contribution >= 4 is 33.2 Å². The molecule has 0 aliphatic rings. The molecule has 4 N–H and O–H groups in total. The Labute approximate surface area is 132 Å². The van der Waals surface area contributed by atoms with Gasteiger partial charge in [-0.1, -0.05) is 22.9 Å². The third-order valence-electron chi connectivity index (χ3n) is 3.34. The third-order valence-corrected chi connectivity index (χ3v) is 3.83. The first-order valence-corrected chi connectivity index (χ1v) is 7.51. The Morgan fingerprint density at radius 1 is 1.19 bits per heavy atom. The molecule has 1 amide bonds. The van der Waals surface area contributed by atoms with Crippen LogP contribution < -0.4 is 16.6 Å². The van der Waals surface area contributed by atoms with Crippen LogP contribution in [0.25, 0.3) is 0 Å². The zero-order chi connectivity index (χ0) is 15.4. The van der Waals surface area contributed by atoms with Crippen LogP contribution in [0.4, 0.5) is 11.4 Å². The van der Waals surface area contributed by atoms with E-state index in [4.69, 9.17) is 5.84 Å². The summed E-state index contributed by atoms with van der Waals surface area (Å²) in [5.41, 5.74) is 6.87. The molecule has 2 aromatic carbocycles. The molecule has 0 saturated heterocycles. The van der Waals surface area contributed by atoms with E-state index in [1.54, 1.807) is 12.1 Å². The quantitative estimate of drug-likeness (QED) is 0.581. The van der Waals surface area contributed by atoms with E-state index >= 15 is 0 Å². The van der Waals surface area contributed by atoms with E-state index in [-0.39, 0.29) is 5.91 Å². The van der Waals surface area contributed by atoms with Crippen molar-refractivity contribution in [3.05, 3.63) is 57.6 Å². The Hall–Kier alpha value is -1.85. The number of anilines is 2. The second-order valence-corrected chi connectivity index (χ2v) is 5.70. The molecule has 5 heteroatoms. The van der Waals surface area contributed by atoms with Gasteiger partial charge in [-0.2, -0.15) is 0 Å². The number of amides is 1. The van der Waals surface area contributed by atoms with E-state index < -0.39 is 0 Å². The molecule has 0 heterocycles. The number of halogens is 1. The number of hydrogen-bond donors (Lipinski definition) is 3. The summed E-state index contributed by atoms with van der Waals surface area (Å²) in [6.07, 6.45) is 0.851. The first-order valence-electron chi connectivity index (χ1n) is 6.72. The van der Waals surface area contributed by atoms with Crippen molar-refractivity contribution in [2.75, 3.05) is 10.7 Å². The lowest BCUT2D eigenvalue weighted by molar-refractivity contribution is 0.102. The molecule has 0 radical (unpaired) electrons. The van der Waals surface area contributed by atoms with Crippen molar-refractivity contribution in [2.45, 2.75) is 20.3 Å². The van der Waals surface area contributed by atoms with E-state index in [1.807, 2.05) is 31.2 Å². The van der Waals surface area contributed by atoms with E-state index in [0.717, 1.165) is 33.4 Å². The Morgan fingerprint density at radius 3 is 2.52 bits per heavy atom. The highest BCUT2D eigenvalue weighted by molar-refractivity contribution is 9.10. The number of rotatable bonds is 4. The predicted octanol–water partition coefficient (Wildman–Crippen LogP) is 3.86. The van der Waals surface area contributed by atoms with Crippen LogP contribution in [-0.4, -0.2) is 5.91 Å². The molecule has 21 heavy (non-hydrogen) atoms. The summed E-state index contributed by atoms with van der Waals surface area (Å²) in [5, 5.41) is 2.96. The lowest BCUT2D eigenvalue weighted by Gasteiger charge is -2.12. The largest absolute Gasteiger partial charge is 0.324 e. The van der Waals surface area contributed by atoms with Crippen LogP contribution in [0.1, 0.15) is 28.4 Å². The predicted molar refractivity (Wildman–Crippen MR) is 90.5 cm³/mol. The number of carbonyl (C=O) groups is 1. The van der Waals surface area contributed by atoms with E-state index in [2.05, 4.69) is 33.6 Å². The minimum atomic E-state index is -0.126. The van der Waals surface area contributed by atoms with Gasteiger partial charge in [0.05, 0.1) is 5.69 Å². The molecule has 0 atom stereocenters. The smallest absolute Gasteiger partial charge is 0.255 e. The number of aryl methyl sites for hydroxylation is 2. The maximum Gasteiger partial charge on any atom is 0.255 e. The van der Waals surface area contributed by atoms with Gasteiger partial charge in [-0.05, 0) is 60.9 Å². The van der Waals surface area contributed by atoms with Crippen LogP contribution in [0.2, 0.25) is 0 Å². The average Bonchev–Trinajstić information content (AvgIpc) is 2.48. The molecule has 0 fully saturated rings. The summed E-state index contributed by atoms with van der Waals surface area (Å²) < 4.78 is 1.01. The lowest BCUT2D eigenvalue weighted by Crippen LogP contribution is -2.14. The number of nitrogens with two attached hydrogens (primary N) is 1. The number of nitrogens with one attached hydrogen (secondary N) is 2. The van der Waals surface area contributed by atoms with Gasteiger partial charge in [0.15, 0.2) is 0 Å². The summed E-state index contributed by atoms with van der Waals surface area (Å²) in [6.45, 7) is 3.96. The maximum atomic E-state index is 12.3. The van der Waals surface area contributed by atoms with Crippen molar-refractivity contribution in [3.63, 3.8) is 0 Å². The van der Waals surface area contributed by atoms with Crippen molar-refractivity contribution < 1.29 is 4.79 Å². The summed E-state index contributed by atoms with van der Waals surface area (Å²) in [7, 11) is 0. The topological polar surface area (TPSA) is 67.2 Å². The average molecular weight is 348 g/mol. The first-order chi connectivity index (χ1) is 10.0. The zero-order valence-electron chi connectivity index (χ0n) is 12.0. The molecule has 2 rings (SSSR count). The van der Waals surface area contributed by atoms with E-state index in [0.29, 0.717) is 5.56 Å². The van der Waals surface area contributed by atoms with Crippen molar-refractivity contribution in [1.29, 1.82) is 0 Å². The summed E-state index contributed by atoms with van der Waals surface area (Å²) in [6, 6.07) is 11.2. The fraction of sp³-hybridized carbons (Fsp3) is 0.188. The molecule has 0 saturated carbocycles. The monoisotopic (exact) mass is 347 g/mol. The molecule has 0 spiro atoms. The van der Waals surface area contributed by atoms with Gasteiger partial charge in [0.1, 0.15) is 0 Å². The van der Waals surface area contributed by atoms with Gasteiger partial charge in [0.2, 0.25) is 0 Å². The second kappa shape index (κ2) is 6.74. The summed E-state index contributed by atoms with van der Waals surface area (Å²) in [4.78, 5) is 12.3. The zero-order valence-corrected chi connectivity index (χ0v) is 13.6. The van der Waals surface area contributed by atoms with Gasteiger partial charge in [0.25, 0.3) is 5.91 Å². The van der Waals surface area contributed by atoms with Crippen molar-refractivity contribution in [2.24, 2.45) is 5.84 Å². The van der Waals surface area contributed by atoms with Crippen LogP contribution in [0.5, 0.6) is 0 Å². The van der Waals surface area contributed by atoms with Gasteiger partial charge in [0, 0.05) is 15.7 Å². The molecule has 4 nitrogen and oxygen atoms in total. The lowest BCUT2D eigenvalue weighted by atomic mass is 10.1. The molecular formula is C16H18BrN3O. The number of hydrogen-bond acceptors (Lipinski definition) is 3. The fourth-order valence-electron chi connectivity index (χ4n) is 2.14. The van der Waals surface area contributed by atoms with E-state index in [9.17, 15) is 4.79 Å². The molecule has 0 aliphatic heterocycles. The van der Waals surface area contributed by atoms with Crippen LogP contribution in [0.3, 0.4) is 0 Å². The van der Waals surface area contributed by atoms with Gasteiger partial charge >= 0.3 is 0 Å². The van der Waals surface area contributed by atoms with Crippen LogP contribution in [0, 0.1) is 6.92 Å². The minimum Gasteiger partial charge on any atom is -0.324 e. The Bertz CT molecular complexity index is 671. The molecule has 110 valence electrons. The van der Waals surface area contributed by atoms with Gasteiger partial charge in [-0.15, -0.1) is 0 Å². The highest BCUT2D eigenvalue weighted by atomic mass is 79.9. The van der Waals surface area contributed by atoms with Crippen molar-refractivity contribution in [3.8, 4) is 0 Å². The van der Waals surface area contributed by atoms with Crippen LogP contribution in [-0.2, 0) is 6.42 Å². The molecule has 0 aliphatic carbocycles. The molecule has 2 aromatic rings. The number of hydrazine groups is 1. The molecule has 0 unspecified atom stereocenters. The Kier molecular flexibility index (Phi) is 4.98. The highest BCUT2D eigenvalue weighted by Crippen LogP contribution is 2.23. The molecule has 0 bridgehead atoms. The summed E-state index contributed by atoms with van der Waals surface area (Å²) >= 11 is 3.44. The highest BCUT2D eigenvalue weighted by Gasteiger charge is 2.10. The van der Waals surface area contributed by atoms with Crippen LogP contribution >= 0.6 is 15.9 Å². The normalized spacial score (nSPS) is 10.3. The van der Waals surface area contributed by atoms with Crippen molar-refractivity contribution in [1.82, 2.24) is 0 Å². The minimum absolute atomic E-state index is 0.126. The Balaban J connectivity index is 2.24. The number of nitrogen functional groups attached to an aromatic ring is 1. The summed E-state index contributed by atoms with van der Waals surface area (Å²) in [5.74, 6) is 5.27. The number of carbonyl (C=O) groups excluding carboxylic acids is 1. The third kappa shape index (κ3) is 3.62. The van der Waals surface area contributed by atoms with Gasteiger partial charge in [-0.3, -0.25) is 10.6 Å². The first kappa shape index (κ1) is 15.5. The molecular weight excluding hydrogens is 330 g/mol. The van der Waals surface area contributed by atoms with Crippen LogP contribution in [0.15, 0.2) is 40.9 Å². The Morgan fingerprint density at radius 2 is 1.90 bits per heavy atom. The SMILES string of the molecule is CCc1cc(Br)ccc1NC(=O)c1ccc(NN)c(C)c1. The standard InChI is InChI=1S/C16H18BrN3O/c1-3-11-9-13(17)5-7-15(11)19-16(21)12-4-6-14(20-18)10(2)8-12/h4-9,20H,3,18H2,1-2H3,(H,19,21). The molecule has 0 aromatic heterocycles. The van der Waals surface area contributed by atoms with Gasteiger partial charge in [-0.25, -0.2) is 0 Å². The second-order valence-electron chi connectivity index (χ2n) is 4.78. The number of benzene rings is 2. The van der Waals surface area contributed by atoms with Gasteiger partial charge < -0.3 is 10.7 Å². The van der Waals surface area contributed by atoms with E-state index in [1.165, 1.54) is 0 Å².